The number of aliphatic hydroxyl groups is 1. The van der Waals surface area contributed by atoms with Gasteiger partial charge in [0.25, 0.3) is 0 Å². The van der Waals surface area contributed by atoms with Gasteiger partial charge in [-0.1, -0.05) is 48.5 Å². The zero-order chi connectivity index (χ0) is 13.8. The van der Waals surface area contributed by atoms with Crippen molar-refractivity contribution >= 4 is 11.8 Å². The summed E-state index contributed by atoms with van der Waals surface area (Å²) in [5.74, 6) is 0. The van der Waals surface area contributed by atoms with Gasteiger partial charge in [-0.25, -0.2) is 0 Å². The SMILES string of the molecule is CS[C@@H](c1ccccc1)[C@H](O)c1c(C)cccc1C. The summed E-state index contributed by atoms with van der Waals surface area (Å²) in [6.45, 7) is 4.13. The molecule has 100 valence electrons. The number of aliphatic hydroxyl groups excluding tert-OH is 1. The highest BCUT2D eigenvalue weighted by Crippen LogP contribution is 2.40. The van der Waals surface area contributed by atoms with Crippen LogP contribution in [0.15, 0.2) is 48.5 Å². The first-order chi connectivity index (χ1) is 9.15. The Morgan fingerprint density at radius 3 is 2.00 bits per heavy atom. The molecular formula is C17H20OS. The fourth-order valence-electron chi connectivity index (χ4n) is 2.54. The fraction of sp³-hybridized carbons (Fsp3) is 0.294. The van der Waals surface area contributed by atoms with E-state index in [2.05, 4.69) is 44.4 Å². The largest absolute Gasteiger partial charge is 0.387 e. The van der Waals surface area contributed by atoms with Crippen LogP contribution in [0.3, 0.4) is 0 Å². The summed E-state index contributed by atoms with van der Waals surface area (Å²) < 4.78 is 0. The summed E-state index contributed by atoms with van der Waals surface area (Å²) in [7, 11) is 0. The standard InChI is InChI=1S/C17H20OS/c1-12-8-7-9-13(2)15(12)16(18)17(19-3)14-10-5-4-6-11-14/h4-11,16-18H,1-3H3/t16-,17+/m1/s1. The molecule has 0 radical (unpaired) electrons. The van der Waals surface area contributed by atoms with E-state index in [1.165, 1.54) is 5.56 Å². The predicted molar refractivity (Wildman–Crippen MR) is 83.6 cm³/mol. The van der Waals surface area contributed by atoms with Gasteiger partial charge in [-0.15, -0.1) is 0 Å². The van der Waals surface area contributed by atoms with Crippen molar-refractivity contribution in [3.8, 4) is 0 Å². The normalized spacial score (nSPS) is 14.1. The molecule has 0 aliphatic rings. The Morgan fingerprint density at radius 1 is 0.895 bits per heavy atom. The van der Waals surface area contributed by atoms with Crippen molar-refractivity contribution in [2.45, 2.75) is 25.2 Å². The summed E-state index contributed by atoms with van der Waals surface area (Å²) in [6, 6.07) is 16.4. The van der Waals surface area contributed by atoms with E-state index in [1.807, 2.05) is 24.3 Å². The summed E-state index contributed by atoms with van der Waals surface area (Å²) in [5.41, 5.74) is 4.54. The van der Waals surface area contributed by atoms with Crippen molar-refractivity contribution in [3.63, 3.8) is 0 Å². The predicted octanol–water partition coefficient (Wildman–Crippen LogP) is 4.44. The van der Waals surface area contributed by atoms with Crippen LogP contribution in [0.5, 0.6) is 0 Å². The maximum Gasteiger partial charge on any atom is 0.0954 e. The van der Waals surface area contributed by atoms with Crippen molar-refractivity contribution in [1.82, 2.24) is 0 Å². The third-order valence-electron chi connectivity index (χ3n) is 3.51. The third kappa shape index (κ3) is 3.02. The van der Waals surface area contributed by atoms with E-state index in [4.69, 9.17) is 0 Å². The zero-order valence-electron chi connectivity index (χ0n) is 11.6. The Bertz CT molecular complexity index is 516. The minimum Gasteiger partial charge on any atom is -0.387 e. The van der Waals surface area contributed by atoms with Gasteiger partial charge >= 0.3 is 0 Å². The van der Waals surface area contributed by atoms with Gasteiger partial charge in [-0.05, 0) is 42.4 Å². The van der Waals surface area contributed by atoms with E-state index >= 15 is 0 Å². The quantitative estimate of drug-likeness (QED) is 0.888. The second kappa shape index (κ2) is 6.27. The lowest BCUT2D eigenvalue weighted by Crippen LogP contribution is -2.10. The highest BCUT2D eigenvalue weighted by atomic mass is 32.2. The molecule has 0 aromatic heterocycles. The first-order valence-corrected chi connectivity index (χ1v) is 7.76. The van der Waals surface area contributed by atoms with Crippen LogP contribution in [0.2, 0.25) is 0 Å². The molecule has 2 rings (SSSR count). The highest BCUT2D eigenvalue weighted by Gasteiger charge is 2.24. The van der Waals surface area contributed by atoms with Gasteiger partial charge in [0.05, 0.1) is 11.4 Å². The molecule has 0 amide bonds. The lowest BCUT2D eigenvalue weighted by molar-refractivity contribution is 0.173. The maximum atomic E-state index is 10.8. The van der Waals surface area contributed by atoms with Crippen molar-refractivity contribution in [1.29, 1.82) is 0 Å². The van der Waals surface area contributed by atoms with Crippen LogP contribution in [-0.4, -0.2) is 11.4 Å². The van der Waals surface area contributed by atoms with Crippen LogP contribution in [0.25, 0.3) is 0 Å². The van der Waals surface area contributed by atoms with Gasteiger partial charge in [0, 0.05) is 0 Å². The van der Waals surface area contributed by atoms with Crippen molar-refractivity contribution in [2.24, 2.45) is 0 Å². The van der Waals surface area contributed by atoms with E-state index in [0.717, 1.165) is 16.7 Å². The van der Waals surface area contributed by atoms with Crippen LogP contribution >= 0.6 is 11.8 Å². The molecule has 1 N–H and O–H groups in total. The molecule has 0 spiro atoms. The first-order valence-electron chi connectivity index (χ1n) is 6.47. The molecule has 1 nitrogen and oxygen atoms in total. The van der Waals surface area contributed by atoms with E-state index in [9.17, 15) is 5.11 Å². The molecule has 0 heterocycles. The van der Waals surface area contributed by atoms with Crippen LogP contribution < -0.4 is 0 Å². The topological polar surface area (TPSA) is 20.2 Å². The number of benzene rings is 2. The van der Waals surface area contributed by atoms with Gasteiger partial charge in [-0.2, -0.15) is 11.8 Å². The van der Waals surface area contributed by atoms with E-state index < -0.39 is 6.10 Å². The average Bonchev–Trinajstić information content (AvgIpc) is 2.40. The number of hydrogen-bond donors (Lipinski definition) is 1. The number of aryl methyl sites for hydroxylation is 2. The summed E-state index contributed by atoms with van der Waals surface area (Å²) in [5, 5.41) is 10.8. The fourth-order valence-corrected chi connectivity index (χ4v) is 3.36. The molecule has 0 saturated heterocycles. The molecule has 2 aromatic rings. The number of thioether (sulfide) groups is 1. The molecule has 2 heteroatoms. The monoisotopic (exact) mass is 272 g/mol. The number of rotatable bonds is 4. The molecular weight excluding hydrogens is 252 g/mol. The Morgan fingerprint density at radius 2 is 1.47 bits per heavy atom. The summed E-state index contributed by atoms with van der Waals surface area (Å²) in [6.07, 6.45) is 1.58. The second-order valence-electron chi connectivity index (χ2n) is 4.82. The van der Waals surface area contributed by atoms with Gasteiger partial charge in [-0.3, -0.25) is 0 Å². The van der Waals surface area contributed by atoms with Gasteiger partial charge in [0.15, 0.2) is 0 Å². The molecule has 19 heavy (non-hydrogen) atoms. The Labute approximate surface area is 119 Å². The second-order valence-corrected chi connectivity index (χ2v) is 5.80. The Kier molecular flexibility index (Phi) is 4.67. The van der Waals surface area contributed by atoms with Gasteiger partial charge in [0.1, 0.15) is 0 Å². The Hall–Kier alpha value is -1.25. The maximum absolute atomic E-state index is 10.8. The van der Waals surface area contributed by atoms with Crippen molar-refractivity contribution in [3.05, 3.63) is 70.8 Å². The minimum absolute atomic E-state index is 0.0704. The lowest BCUT2D eigenvalue weighted by Gasteiger charge is -2.24. The molecule has 2 aromatic carbocycles. The van der Waals surface area contributed by atoms with Crippen molar-refractivity contribution in [2.75, 3.05) is 6.26 Å². The summed E-state index contributed by atoms with van der Waals surface area (Å²) in [4.78, 5) is 0. The molecule has 0 unspecified atom stereocenters. The molecule has 2 atom stereocenters. The van der Waals surface area contributed by atoms with Gasteiger partial charge < -0.3 is 5.11 Å². The molecule has 0 bridgehead atoms. The van der Waals surface area contributed by atoms with E-state index in [-0.39, 0.29) is 5.25 Å². The van der Waals surface area contributed by atoms with Crippen LogP contribution in [-0.2, 0) is 0 Å². The zero-order valence-corrected chi connectivity index (χ0v) is 12.4. The van der Waals surface area contributed by atoms with Crippen molar-refractivity contribution < 1.29 is 5.11 Å². The smallest absolute Gasteiger partial charge is 0.0954 e. The minimum atomic E-state index is -0.474. The molecule has 0 saturated carbocycles. The van der Waals surface area contributed by atoms with Gasteiger partial charge in [0.2, 0.25) is 0 Å². The Balaban J connectivity index is 2.39. The van der Waals surface area contributed by atoms with Crippen LogP contribution in [0, 0.1) is 13.8 Å². The molecule has 0 aliphatic carbocycles. The van der Waals surface area contributed by atoms with Crippen LogP contribution in [0.1, 0.15) is 33.6 Å². The highest BCUT2D eigenvalue weighted by molar-refractivity contribution is 7.98. The molecule has 0 aliphatic heterocycles. The third-order valence-corrected chi connectivity index (χ3v) is 4.54. The molecule has 0 fully saturated rings. The van der Waals surface area contributed by atoms with E-state index in [0.29, 0.717) is 0 Å². The average molecular weight is 272 g/mol. The van der Waals surface area contributed by atoms with E-state index in [1.54, 1.807) is 11.8 Å². The first kappa shape index (κ1) is 14.2. The number of hydrogen-bond acceptors (Lipinski definition) is 2. The summed E-state index contributed by atoms with van der Waals surface area (Å²) >= 11 is 1.69. The van der Waals surface area contributed by atoms with Crippen LogP contribution in [0.4, 0.5) is 0 Å². The lowest BCUT2D eigenvalue weighted by atomic mass is 9.93.